The lowest BCUT2D eigenvalue weighted by molar-refractivity contribution is 0.0697. The lowest BCUT2D eigenvalue weighted by Gasteiger charge is -2.15. The van der Waals surface area contributed by atoms with Crippen LogP contribution < -0.4 is 11.1 Å². The fraction of sp³-hybridized carbons (Fsp3) is 0.160. The van der Waals surface area contributed by atoms with Crippen LogP contribution in [0.25, 0.3) is 11.1 Å². The second-order valence-electron chi connectivity index (χ2n) is 7.99. The molecule has 9 nitrogen and oxygen atoms in total. The monoisotopic (exact) mass is 497 g/mol. The van der Waals surface area contributed by atoms with E-state index in [0.717, 1.165) is 5.56 Å². The summed E-state index contributed by atoms with van der Waals surface area (Å²) in [4.78, 5) is 24.9. The molecular formula is C25H27N3O6S. The molecule has 1 amide bonds. The number of carboxylic acid groups (broad SMARTS) is 1. The number of benzene rings is 3. The zero-order valence-corrected chi connectivity index (χ0v) is 20.3. The Labute approximate surface area is 203 Å². The quantitative estimate of drug-likeness (QED) is 0.193. The Balaban J connectivity index is 0.000000784. The van der Waals surface area contributed by atoms with Gasteiger partial charge in [0.1, 0.15) is 5.84 Å². The first-order chi connectivity index (χ1) is 16.3. The van der Waals surface area contributed by atoms with Crippen LogP contribution in [-0.2, 0) is 10.1 Å². The van der Waals surface area contributed by atoms with Crippen molar-refractivity contribution in [3.05, 3.63) is 89.0 Å². The molecule has 0 fully saturated rings. The van der Waals surface area contributed by atoms with Crippen molar-refractivity contribution in [3.63, 3.8) is 0 Å². The van der Waals surface area contributed by atoms with Gasteiger partial charge in [-0.15, -0.1) is 0 Å². The van der Waals surface area contributed by atoms with Crippen molar-refractivity contribution in [1.82, 2.24) is 0 Å². The molecule has 0 spiro atoms. The minimum absolute atomic E-state index is 0.0509. The minimum atomic E-state index is -3.67. The number of hydrogen-bond donors (Lipinski definition) is 5. The van der Waals surface area contributed by atoms with E-state index in [1.54, 1.807) is 54.6 Å². The summed E-state index contributed by atoms with van der Waals surface area (Å²) in [6.45, 7) is 4.06. The van der Waals surface area contributed by atoms with Crippen molar-refractivity contribution in [2.45, 2.75) is 19.8 Å². The molecule has 3 rings (SSSR count). The predicted molar refractivity (Wildman–Crippen MR) is 136 cm³/mol. The Hall–Kier alpha value is -4.02. The molecule has 0 aliphatic rings. The molecule has 0 aliphatic carbocycles. The molecule has 0 heterocycles. The van der Waals surface area contributed by atoms with Gasteiger partial charge in [-0.3, -0.25) is 14.8 Å². The minimum Gasteiger partial charge on any atom is -0.478 e. The third kappa shape index (κ3) is 8.05. The largest absolute Gasteiger partial charge is 0.478 e. The van der Waals surface area contributed by atoms with Crippen molar-refractivity contribution in [1.29, 1.82) is 5.41 Å². The zero-order valence-electron chi connectivity index (χ0n) is 19.4. The van der Waals surface area contributed by atoms with Crippen LogP contribution in [0.4, 0.5) is 5.69 Å². The third-order valence-electron chi connectivity index (χ3n) is 4.86. The number of nitrogens with two attached hydrogens (primary N) is 1. The van der Waals surface area contributed by atoms with Crippen molar-refractivity contribution in [2.24, 2.45) is 5.73 Å². The number of carbonyl (C=O) groups is 2. The molecule has 0 saturated heterocycles. The molecule has 6 N–H and O–H groups in total. The highest BCUT2D eigenvalue weighted by Gasteiger charge is 2.19. The first kappa shape index (κ1) is 27.2. The molecule has 0 unspecified atom stereocenters. The van der Waals surface area contributed by atoms with Crippen LogP contribution in [0.2, 0.25) is 0 Å². The van der Waals surface area contributed by atoms with E-state index in [2.05, 4.69) is 5.32 Å². The second-order valence-corrected chi connectivity index (χ2v) is 9.45. The molecule has 35 heavy (non-hydrogen) atoms. The van der Waals surface area contributed by atoms with E-state index in [4.69, 9.17) is 15.7 Å². The number of rotatable bonds is 6. The van der Waals surface area contributed by atoms with Gasteiger partial charge in [-0.1, -0.05) is 44.2 Å². The molecule has 0 bridgehead atoms. The fourth-order valence-corrected chi connectivity index (χ4v) is 3.18. The number of carboxylic acids is 1. The molecule has 0 aliphatic heterocycles. The summed E-state index contributed by atoms with van der Waals surface area (Å²) in [5, 5.41) is 19.9. The number of nitrogens with one attached hydrogen (secondary N) is 2. The van der Waals surface area contributed by atoms with Crippen molar-refractivity contribution >= 4 is 33.5 Å². The molecule has 0 radical (unpaired) electrons. The van der Waals surface area contributed by atoms with Crippen LogP contribution in [-0.4, -0.2) is 42.0 Å². The lowest BCUT2D eigenvalue weighted by Crippen LogP contribution is -2.15. The van der Waals surface area contributed by atoms with Gasteiger partial charge in [0.15, 0.2) is 0 Å². The number of anilines is 1. The highest BCUT2D eigenvalue weighted by molar-refractivity contribution is 7.85. The Morgan fingerprint density at radius 1 is 0.943 bits per heavy atom. The molecule has 0 aromatic heterocycles. The van der Waals surface area contributed by atoms with E-state index >= 15 is 0 Å². The second kappa shape index (κ2) is 11.4. The number of carbonyl (C=O) groups excluding carboxylic acids is 1. The van der Waals surface area contributed by atoms with Gasteiger partial charge in [0.05, 0.1) is 11.8 Å². The normalized spacial score (nSPS) is 10.8. The van der Waals surface area contributed by atoms with E-state index in [9.17, 15) is 23.1 Å². The summed E-state index contributed by atoms with van der Waals surface area (Å²) in [5.74, 6) is -1.24. The average molecular weight is 498 g/mol. The smallest absolute Gasteiger partial charge is 0.336 e. The summed E-state index contributed by atoms with van der Waals surface area (Å²) in [7, 11) is -3.67. The number of hydrogen-bond acceptors (Lipinski definition) is 5. The number of amidine groups is 1. The van der Waals surface area contributed by atoms with Crippen LogP contribution >= 0.6 is 0 Å². The first-order valence-electron chi connectivity index (χ1n) is 10.4. The Kier molecular flexibility index (Phi) is 8.87. The summed E-state index contributed by atoms with van der Waals surface area (Å²) < 4.78 is 25.9. The van der Waals surface area contributed by atoms with Gasteiger partial charge < -0.3 is 16.2 Å². The highest BCUT2D eigenvalue weighted by Crippen LogP contribution is 2.30. The molecule has 3 aromatic carbocycles. The van der Waals surface area contributed by atoms with E-state index in [1.165, 1.54) is 6.07 Å². The summed E-state index contributed by atoms with van der Waals surface area (Å²) >= 11 is 0. The van der Waals surface area contributed by atoms with Gasteiger partial charge >= 0.3 is 5.97 Å². The maximum Gasteiger partial charge on any atom is 0.336 e. The number of nitrogen functional groups attached to an aromatic ring is 1. The maximum atomic E-state index is 13.2. The van der Waals surface area contributed by atoms with Crippen molar-refractivity contribution < 1.29 is 27.7 Å². The summed E-state index contributed by atoms with van der Waals surface area (Å²) in [6.07, 6.45) is 0.715. The van der Waals surface area contributed by atoms with Crippen LogP contribution in [0.15, 0.2) is 66.7 Å². The van der Waals surface area contributed by atoms with Crippen LogP contribution in [0.5, 0.6) is 0 Å². The van der Waals surface area contributed by atoms with E-state index in [1.807, 2.05) is 19.9 Å². The average Bonchev–Trinajstić information content (AvgIpc) is 2.77. The first-order valence-corrected chi connectivity index (χ1v) is 12.3. The van der Waals surface area contributed by atoms with Crippen LogP contribution in [0.3, 0.4) is 0 Å². The molecular weight excluding hydrogens is 470 g/mol. The predicted octanol–water partition coefficient (Wildman–Crippen LogP) is 4.22. The van der Waals surface area contributed by atoms with Gasteiger partial charge in [0.25, 0.3) is 16.0 Å². The molecule has 10 heteroatoms. The molecule has 184 valence electrons. The Morgan fingerprint density at radius 3 is 2.00 bits per heavy atom. The topological polar surface area (TPSA) is 171 Å². The van der Waals surface area contributed by atoms with Crippen molar-refractivity contribution in [3.8, 4) is 11.1 Å². The van der Waals surface area contributed by atoms with Gasteiger partial charge in [0, 0.05) is 16.8 Å². The van der Waals surface area contributed by atoms with Crippen LogP contribution in [0.1, 0.15) is 51.6 Å². The number of aromatic carboxylic acids is 1. The van der Waals surface area contributed by atoms with Crippen LogP contribution in [0, 0.1) is 5.41 Å². The molecule has 0 saturated carbocycles. The lowest BCUT2D eigenvalue weighted by atomic mass is 9.91. The Bertz CT molecular complexity index is 1340. The SMILES string of the molecule is CC(C)c1ccc(-c2ccccc2C(=O)O)c(C(=O)Nc2ccc(C(=N)N)cc2)c1.CS(=O)(=O)O. The van der Waals surface area contributed by atoms with Gasteiger partial charge in [-0.25, -0.2) is 4.79 Å². The van der Waals surface area contributed by atoms with E-state index in [-0.39, 0.29) is 23.2 Å². The van der Waals surface area contributed by atoms with E-state index in [0.29, 0.717) is 34.2 Å². The van der Waals surface area contributed by atoms with Gasteiger partial charge in [-0.2, -0.15) is 8.42 Å². The number of amides is 1. The maximum absolute atomic E-state index is 13.2. The Morgan fingerprint density at radius 2 is 1.49 bits per heavy atom. The standard InChI is InChI=1S/C24H23N3O3.CH4O3S/c1-14(2)16-9-12-19(18-5-3-4-6-20(18)24(29)30)21(13-16)23(28)27-17-10-7-15(8-11-17)22(25)26;1-5(2,3)4/h3-14H,1-2H3,(H3,25,26)(H,27,28)(H,29,30);1H3,(H,2,3,4). The summed E-state index contributed by atoms with van der Waals surface area (Å²) in [5.41, 5.74) is 9.12. The highest BCUT2D eigenvalue weighted by atomic mass is 32.2. The fourth-order valence-electron chi connectivity index (χ4n) is 3.18. The van der Waals surface area contributed by atoms with E-state index < -0.39 is 16.1 Å². The van der Waals surface area contributed by atoms with Gasteiger partial charge in [-0.05, 0) is 59.0 Å². The zero-order chi connectivity index (χ0) is 26.3. The van der Waals surface area contributed by atoms with Gasteiger partial charge in [0.2, 0.25) is 0 Å². The third-order valence-corrected chi connectivity index (χ3v) is 4.86. The molecule has 0 atom stereocenters. The van der Waals surface area contributed by atoms with Crippen molar-refractivity contribution in [2.75, 3.05) is 11.6 Å². The molecule has 3 aromatic rings. The summed E-state index contributed by atoms with van der Waals surface area (Å²) in [6, 6.07) is 18.8.